The standard InChI is InChI=1S/C18H25N3O4S2/c22-17-10-14(11-21(17)15-3-9-27(24,25)13-15)18(23)20-6-4-19(5-7-20)12-16-2-1-8-26-16/h1-2,8,14-15H,3-7,9-13H2. The highest BCUT2D eigenvalue weighted by molar-refractivity contribution is 7.91. The van der Waals surface area contributed by atoms with Crippen LogP contribution in [0.2, 0.25) is 0 Å². The summed E-state index contributed by atoms with van der Waals surface area (Å²) in [5.74, 6) is -0.174. The lowest BCUT2D eigenvalue weighted by Crippen LogP contribution is -2.50. The van der Waals surface area contributed by atoms with Gasteiger partial charge < -0.3 is 9.80 Å². The average molecular weight is 412 g/mol. The van der Waals surface area contributed by atoms with Crippen molar-refractivity contribution in [1.82, 2.24) is 14.7 Å². The molecule has 2 atom stereocenters. The lowest BCUT2D eigenvalue weighted by Gasteiger charge is -2.35. The largest absolute Gasteiger partial charge is 0.340 e. The number of carbonyl (C=O) groups is 2. The first kappa shape index (κ1) is 18.9. The minimum Gasteiger partial charge on any atom is -0.340 e. The van der Waals surface area contributed by atoms with Crippen molar-refractivity contribution in [3.63, 3.8) is 0 Å². The van der Waals surface area contributed by atoms with Crippen LogP contribution in [0.15, 0.2) is 17.5 Å². The van der Waals surface area contributed by atoms with Gasteiger partial charge in [0.05, 0.1) is 17.4 Å². The first-order valence-corrected chi connectivity index (χ1v) is 12.1. The van der Waals surface area contributed by atoms with Crippen LogP contribution in [0, 0.1) is 5.92 Å². The van der Waals surface area contributed by atoms with Crippen LogP contribution in [0.5, 0.6) is 0 Å². The number of piperazine rings is 1. The van der Waals surface area contributed by atoms with Gasteiger partial charge in [0.25, 0.3) is 0 Å². The summed E-state index contributed by atoms with van der Waals surface area (Å²) < 4.78 is 23.4. The number of nitrogens with zero attached hydrogens (tertiary/aromatic N) is 3. The van der Waals surface area contributed by atoms with Crippen molar-refractivity contribution in [3.05, 3.63) is 22.4 Å². The number of likely N-dealkylation sites (tertiary alicyclic amines) is 1. The molecule has 0 bridgehead atoms. The first-order valence-electron chi connectivity index (χ1n) is 9.45. The van der Waals surface area contributed by atoms with Crippen molar-refractivity contribution in [1.29, 1.82) is 0 Å². The lowest BCUT2D eigenvalue weighted by molar-refractivity contribution is -0.137. The fraction of sp³-hybridized carbons (Fsp3) is 0.667. The smallest absolute Gasteiger partial charge is 0.228 e. The van der Waals surface area contributed by atoms with Crippen molar-refractivity contribution in [2.45, 2.75) is 25.4 Å². The van der Waals surface area contributed by atoms with Gasteiger partial charge in [-0.15, -0.1) is 11.3 Å². The SMILES string of the molecule is O=C(C1CC(=O)N(C2CCS(=O)(=O)C2)C1)N1CCN(Cc2cccs2)CC1. The van der Waals surface area contributed by atoms with Crippen LogP contribution >= 0.6 is 11.3 Å². The number of rotatable bonds is 4. The molecule has 0 spiro atoms. The Kier molecular flexibility index (Phi) is 5.26. The van der Waals surface area contributed by atoms with E-state index in [1.54, 1.807) is 16.2 Å². The molecule has 4 rings (SSSR count). The van der Waals surface area contributed by atoms with E-state index in [4.69, 9.17) is 0 Å². The highest BCUT2D eigenvalue weighted by atomic mass is 32.2. The molecule has 7 nitrogen and oxygen atoms in total. The number of carbonyl (C=O) groups excluding carboxylic acids is 2. The van der Waals surface area contributed by atoms with Gasteiger partial charge >= 0.3 is 0 Å². The van der Waals surface area contributed by atoms with E-state index in [0.29, 0.717) is 26.1 Å². The average Bonchev–Trinajstić information content (AvgIpc) is 3.35. The number of hydrogen-bond acceptors (Lipinski definition) is 6. The number of hydrogen-bond donors (Lipinski definition) is 0. The van der Waals surface area contributed by atoms with Crippen LogP contribution in [0.3, 0.4) is 0 Å². The Morgan fingerprint density at radius 3 is 2.63 bits per heavy atom. The zero-order chi connectivity index (χ0) is 19.0. The van der Waals surface area contributed by atoms with Crippen LogP contribution in [-0.4, -0.2) is 85.2 Å². The molecule has 3 saturated heterocycles. The topological polar surface area (TPSA) is 78.0 Å². The van der Waals surface area contributed by atoms with Crippen LogP contribution in [0.1, 0.15) is 17.7 Å². The van der Waals surface area contributed by atoms with E-state index in [1.165, 1.54) is 4.88 Å². The third-order valence-corrected chi connectivity index (χ3v) is 8.41. The Hall–Kier alpha value is -1.45. The Balaban J connectivity index is 1.29. The summed E-state index contributed by atoms with van der Waals surface area (Å²) in [5, 5.41) is 2.08. The van der Waals surface area contributed by atoms with Crippen LogP contribution in [-0.2, 0) is 26.0 Å². The van der Waals surface area contributed by atoms with Gasteiger partial charge in [0, 0.05) is 56.6 Å². The van der Waals surface area contributed by atoms with Crippen molar-refractivity contribution in [3.8, 4) is 0 Å². The summed E-state index contributed by atoms with van der Waals surface area (Å²) in [6.45, 7) is 4.35. The summed E-state index contributed by atoms with van der Waals surface area (Å²) in [4.78, 5) is 32.4. The molecule has 3 fully saturated rings. The van der Waals surface area contributed by atoms with E-state index in [-0.39, 0.29) is 41.7 Å². The molecule has 0 aromatic carbocycles. The Morgan fingerprint density at radius 1 is 1.22 bits per heavy atom. The van der Waals surface area contributed by atoms with E-state index in [9.17, 15) is 18.0 Å². The molecule has 2 unspecified atom stereocenters. The summed E-state index contributed by atoms with van der Waals surface area (Å²) in [5.41, 5.74) is 0. The van der Waals surface area contributed by atoms with E-state index < -0.39 is 9.84 Å². The van der Waals surface area contributed by atoms with Crippen LogP contribution in [0.25, 0.3) is 0 Å². The molecular formula is C18H25N3O4S2. The van der Waals surface area contributed by atoms with Crippen molar-refractivity contribution in [2.24, 2.45) is 5.92 Å². The van der Waals surface area contributed by atoms with E-state index >= 15 is 0 Å². The molecule has 1 aromatic rings. The fourth-order valence-corrected chi connectivity index (χ4v) is 6.76. The highest BCUT2D eigenvalue weighted by Crippen LogP contribution is 2.27. The summed E-state index contributed by atoms with van der Waals surface area (Å²) in [7, 11) is -3.04. The monoisotopic (exact) mass is 411 g/mol. The fourth-order valence-electron chi connectivity index (χ4n) is 4.28. The lowest BCUT2D eigenvalue weighted by atomic mass is 10.1. The Labute approximate surface area is 163 Å². The van der Waals surface area contributed by atoms with E-state index in [0.717, 1.165) is 19.6 Å². The van der Waals surface area contributed by atoms with Gasteiger partial charge in [-0.3, -0.25) is 14.5 Å². The quantitative estimate of drug-likeness (QED) is 0.718. The molecule has 4 heterocycles. The summed E-state index contributed by atoms with van der Waals surface area (Å²) in [6.07, 6.45) is 0.709. The maximum atomic E-state index is 12.9. The molecule has 9 heteroatoms. The minimum atomic E-state index is -3.04. The van der Waals surface area contributed by atoms with Crippen molar-refractivity contribution in [2.75, 3.05) is 44.2 Å². The molecule has 0 N–H and O–H groups in total. The van der Waals surface area contributed by atoms with Crippen LogP contribution < -0.4 is 0 Å². The number of thiophene rings is 1. The third kappa shape index (κ3) is 4.20. The Morgan fingerprint density at radius 2 is 2.00 bits per heavy atom. The predicted molar refractivity (Wildman–Crippen MR) is 103 cm³/mol. The summed E-state index contributed by atoms with van der Waals surface area (Å²) in [6, 6.07) is 3.94. The molecule has 0 saturated carbocycles. The van der Waals surface area contributed by atoms with Gasteiger partial charge in [-0.05, 0) is 17.9 Å². The van der Waals surface area contributed by atoms with Gasteiger partial charge in [-0.25, -0.2) is 8.42 Å². The second-order valence-electron chi connectivity index (χ2n) is 7.68. The Bertz CT molecular complexity index is 801. The molecule has 0 radical (unpaired) electrons. The molecule has 1 aromatic heterocycles. The first-order chi connectivity index (χ1) is 12.9. The predicted octanol–water partition coefficient (Wildman–Crippen LogP) is 0.428. The van der Waals surface area contributed by atoms with Crippen molar-refractivity contribution < 1.29 is 18.0 Å². The maximum Gasteiger partial charge on any atom is 0.228 e. The van der Waals surface area contributed by atoms with E-state index in [1.807, 2.05) is 4.90 Å². The molecule has 148 valence electrons. The van der Waals surface area contributed by atoms with Crippen LogP contribution in [0.4, 0.5) is 0 Å². The van der Waals surface area contributed by atoms with Gasteiger partial charge in [0.2, 0.25) is 11.8 Å². The zero-order valence-electron chi connectivity index (χ0n) is 15.2. The molecule has 3 aliphatic heterocycles. The molecule has 2 amide bonds. The minimum absolute atomic E-state index is 0.0427. The molecule has 3 aliphatic rings. The molecular weight excluding hydrogens is 386 g/mol. The van der Waals surface area contributed by atoms with Gasteiger partial charge in [-0.2, -0.15) is 0 Å². The second kappa shape index (κ2) is 7.52. The zero-order valence-corrected chi connectivity index (χ0v) is 16.9. The van der Waals surface area contributed by atoms with Gasteiger partial charge in [0.1, 0.15) is 0 Å². The second-order valence-corrected chi connectivity index (χ2v) is 10.9. The highest BCUT2D eigenvalue weighted by Gasteiger charge is 2.43. The third-order valence-electron chi connectivity index (χ3n) is 5.80. The molecule has 27 heavy (non-hydrogen) atoms. The normalized spacial score (nSPS) is 28.8. The van der Waals surface area contributed by atoms with Gasteiger partial charge in [0.15, 0.2) is 9.84 Å². The van der Waals surface area contributed by atoms with Gasteiger partial charge in [-0.1, -0.05) is 6.07 Å². The van der Waals surface area contributed by atoms with E-state index in [2.05, 4.69) is 22.4 Å². The number of amides is 2. The summed E-state index contributed by atoms with van der Waals surface area (Å²) >= 11 is 1.75. The number of sulfone groups is 1. The molecule has 0 aliphatic carbocycles. The van der Waals surface area contributed by atoms with Crippen molar-refractivity contribution >= 4 is 33.0 Å². The maximum absolute atomic E-state index is 12.9.